The van der Waals surface area contributed by atoms with Gasteiger partial charge in [-0.25, -0.2) is 0 Å². The van der Waals surface area contributed by atoms with Crippen molar-refractivity contribution in [1.29, 1.82) is 0 Å². The van der Waals surface area contributed by atoms with E-state index in [-0.39, 0.29) is 0 Å². The Balaban J connectivity index is 2.82. The molecule has 0 heterocycles. The first-order chi connectivity index (χ1) is 7.54. The van der Waals surface area contributed by atoms with Crippen molar-refractivity contribution >= 4 is 34.7 Å². The van der Waals surface area contributed by atoms with Crippen molar-refractivity contribution in [2.75, 3.05) is 18.1 Å². The van der Waals surface area contributed by atoms with Crippen LogP contribution in [-0.2, 0) is 0 Å². The van der Waals surface area contributed by atoms with Crippen molar-refractivity contribution in [3.63, 3.8) is 0 Å². The highest BCUT2D eigenvalue weighted by Crippen LogP contribution is 2.18. The number of thioether (sulfide) groups is 1. The quantitative estimate of drug-likeness (QED) is 0.793. The third-order valence-electron chi connectivity index (χ3n) is 2.42. The predicted molar refractivity (Wildman–Crippen MR) is 78.5 cm³/mol. The lowest BCUT2D eigenvalue weighted by molar-refractivity contribution is 1.00. The molecule has 1 aromatic rings. The second-order valence-corrected chi connectivity index (χ2v) is 5.56. The molecule has 0 fully saturated rings. The minimum Gasteiger partial charge on any atom is -0.389 e. The summed E-state index contributed by atoms with van der Waals surface area (Å²) in [7, 11) is 0. The van der Waals surface area contributed by atoms with E-state index in [4.69, 9.17) is 18.0 Å². The van der Waals surface area contributed by atoms with Gasteiger partial charge in [-0.3, -0.25) is 0 Å². The molecule has 3 N–H and O–H groups in total. The first-order valence-electron chi connectivity index (χ1n) is 5.21. The molecule has 0 radical (unpaired) electrons. The van der Waals surface area contributed by atoms with E-state index in [9.17, 15) is 0 Å². The van der Waals surface area contributed by atoms with Crippen LogP contribution in [0.1, 0.15) is 18.1 Å². The topological polar surface area (TPSA) is 38.0 Å². The Morgan fingerprint density at radius 3 is 2.81 bits per heavy atom. The van der Waals surface area contributed by atoms with Crippen LogP contribution in [-0.4, -0.2) is 23.0 Å². The largest absolute Gasteiger partial charge is 0.389 e. The first kappa shape index (κ1) is 13.3. The van der Waals surface area contributed by atoms with Gasteiger partial charge < -0.3 is 11.1 Å². The van der Waals surface area contributed by atoms with Crippen LogP contribution < -0.4 is 11.1 Å². The number of rotatable bonds is 5. The van der Waals surface area contributed by atoms with E-state index in [1.165, 1.54) is 5.56 Å². The number of aryl methyl sites for hydroxylation is 1. The minimum absolute atomic E-state index is 0.447. The molecule has 1 atom stereocenters. The molecule has 16 heavy (non-hydrogen) atoms. The molecule has 1 unspecified atom stereocenters. The summed E-state index contributed by atoms with van der Waals surface area (Å²) >= 11 is 6.88. The molecule has 0 saturated heterocycles. The molecule has 4 heteroatoms. The highest BCUT2D eigenvalue weighted by molar-refractivity contribution is 7.99. The zero-order valence-corrected chi connectivity index (χ0v) is 11.5. The molecule has 0 aliphatic carbocycles. The lowest BCUT2D eigenvalue weighted by Gasteiger charge is -2.14. The minimum atomic E-state index is 0.447. The van der Waals surface area contributed by atoms with Gasteiger partial charge >= 0.3 is 0 Å². The fraction of sp³-hybridized carbons (Fsp3) is 0.417. The van der Waals surface area contributed by atoms with E-state index < -0.39 is 0 Å². The predicted octanol–water partition coefficient (Wildman–Crippen LogP) is 2.79. The number of thiocarbonyl (C=S) groups is 1. The summed E-state index contributed by atoms with van der Waals surface area (Å²) in [5.74, 6) is 0. The van der Waals surface area contributed by atoms with Crippen LogP contribution in [0, 0.1) is 6.92 Å². The number of hydrogen-bond donors (Lipinski definition) is 2. The Kier molecular flexibility index (Phi) is 5.09. The number of benzene rings is 1. The number of anilines is 1. The van der Waals surface area contributed by atoms with Crippen molar-refractivity contribution in [2.45, 2.75) is 19.1 Å². The fourth-order valence-corrected chi connectivity index (χ4v) is 1.77. The summed E-state index contributed by atoms with van der Waals surface area (Å²) in [4.78, 5) is 0.447. The number of hydrogen-bond acceptors (Lipinski definition) is 3. The molecule has 0 aliphatic heterocycles. The summed E-state index contributed by atoms with van der Waals surface area (Å²) < 4.78 is 0. The van der Waals surface area contributed by atoms with Gasteiger partial charge in [0.2, 0.25) is 0 Å². The van der Waals surface area contributed by atoms with Crippen molar-refractivity contribution in [2.24, 2.45) is 5.73 Å². The van der Waals surface area contributed by atoms with Gasteiger partial charge in [-0.15, -0.1) is 0 Å². The summed E-state index contributed by atoms with van der Waals surface area (Å²) in [5.41, 5.74) is 8.84. The zero-order valence-electron chi connectivity index (χ0n) is 9.91. The Bertz CT molecular complexity index is 377. The van der Waals surface area contributed by atoms with Crippen molar-refractivity contribution in [3.8, 4) is 0 Å². The maximum Gasteiger partial charge on any atom is 0.106 e. The molecule has 1 rings (SSSR count). The Labute approximate surface area is 107 Å². The molecule has 0 aliphatic rings. The van der Waals surface area contributed by atoms with Gasteiger partial charge in [-0.1, -0.05) is 30.8 Å². The second kappa shape index (κ2) is 6.11. The van der Waals surface area contributed by atoms with Gasteiger partial charge in [0.15, 0.2) is 0 Å². The third kappa shape index (κ3) is 3.68. The van der Waals surface area contributed by atoms with E-state index >= 15 is 0 Å². The van der Waals surface area contributed by atoms with E-state index in [0.29, 0.717) is 10.2 Å². The average molecular weight is 254 g/mol. The first-order valence-corrected chi connectivity index (χ1v) is 6.91. The molecule has 0 amide bonds. The van der Waals surface area contributed by atoms with Crippen molar-refractivity contribution in [1.82, 2.24) is 0 Å². The normalized spacial score (nSPS) is 12.2. The average Bonchev–Trinajstić information content (AvgIpc) is 2.26. The van der Waals surface area contributed by atoms with Crippen LogP contribution in [0.4, 0.5) is 5.69 Å². The van der Waals surface area contributed by atoms with Crippen LogP contribution in [0.5, 0.6) is 0 Å². The van der Waals surface area contributed by atoms with Crippen LogP contribution in [0.3, 0.4) is 0 Å². The standard InChI is InChI=1S/C12H18N2S2/c1-8-4-5-11(10(6-8)12(13)15)14-7-9(2)16-3/h4-6,9,14H,7H2,1-3H3,(H2,13,15). The molecular formula is C12H18N2S2. The lowest BCUT2D eigenvalue weighted by atomic mass is 10.1. The Morgan fingerprint density at radius 1 is 1.56 bits per heavy atom. The second-order valence-electron chi connectivity index (χ2n) is 3.84. The highest BCUT2D eigenvalue weighted by Gasteiger charge is 2.06. The molecule has 2 nitrogen and oxygen atoms in total. The molecule has 0 aromatic heterocycles. The number of nitrogens with two attached hydrogens (primary N) is 1. The molecule has 88 valence electrons. The van der Waals surface area contributed by atoms with Crippen molar-refractivity contribution in [3.05, 3.63) is 29.3 Å². The summed E-state index contributed by atoms with van der Waals surface area (Å²) in [6, 6.07) is 6.12. The molecule has 0 spiro atoms. The molecule has 0 saturated carbocycles. The zero-order chi connectivity index (χ0) is 12.1. The monoisotopic (exact) mass is 254 g/mol. The van der Waals surface area contributed by atoms with Crippen LogP contribution in [0.25, 0.3) is 0 Å². The van der Waals surface area contributed by atoms with Gasteiger partial charge in [-0.2, -0.15) is 11.8 Å². The molecule has 1 aromatic carbocycles. The lowest BCUT2D eigenvalue weighted by Crippen LogP contribution is -2.17. The summed E-state index contributed by atoms with van der Waals surface area (Å²) in [5, 5.41) is 3.95. The van der Waals surface area contributed by atoms with Gasteiger partial charge in [-0.05, 0) is 25.3 Å². The SMILES string of the molecule is CSC(C)CNc1ccc(C)cc1C(N)=S. The highest BCUT2D eigenvalue weighted by atomic mass is 32.2. The van der Waals surface area contributed by atoms with Gasteiger partial charge in [0.25, 0.3) is 0 Å². The fourth-order valence-electron chi connectivity index (χ4n) is 1.35. The van der Waals surface area contributed by atoms with E-state index in [1.54, 1.807) is 0 Å². The summed E-state index contributed by atoms with van der Waals surface area (Å²) in [6.07, 6.45) is 2.11. The van der Waals surface area contributed by atoms with Gasteiger partial charge in [0.1, 0.15) is 4.99 Å². The van der Waals surface area contributed by atoms with E-state index in [2.05, 4.69) is 24.6 Å². The molecular weight excluding hydrogens is 236 g/mol. The smallest absolute Gasteiger partial charge is 0.106 e. The summed E-state index contributed by atoms with van der Waals surface area (Å²) in [6.45, 7) is 5.14. The maximum atomic E-state index is 5.71. The van der Waals surface area contributed by atoms with Crippen molar-refractivity contribution < 1.29 is 0 Å². The maximum absolute atomic E-state index is 5.71. The Hall–Kier alpha value is -0.740. The number of nitrogens with one attached hydrogen (secondary N) is 1. The van der Waals surface area contributed by atoms with Crippen LogP contribution in [0.2, 0.25) is 0 Å². The van der Waals surface area contributed by atoms with Gasteiger partial charge in [0.05, 0.1) is 0 Å². The van der Waals surface area contributed by atoms with Crippen LogP contribution in [0.15, 0.2) is 18.2 Å². The molecule has 0 bridgehead atoms. The van der Waals surface area contributed by atoms with Crippen LogP contribution >= 0.6 is 24.0 Å². The van der Waals surface area contributed by atoms with Gasteiger partial charge in [0, 0.05) is 23.0 Å². The van der Waals surface area contributed by atoms with E-state index in [1.807, 2.05) is 30.8 Å². The Morgan fingerprint density at radius 2 is 2.25 bits per heavy atom. The third-order valence-corrected chi connectivity index (χ3v) is 3.61. The van der Waals surface area contributed by atoms with E-state index in [0.717, 1.165) is 17.8 Å².